The second-order valence-electron chi connectivity index (χ2n) is 3.02. The lowest BCUT2D eigenvalue weighted by Crippen LogP contribution is -3.00. The van der Waals surface area contributed by atoms with Crippen molar-refractivity contribution in [1.82, 2.24) is 4.57 Å². The van der Waals surface area contributed by atoms with Gasteiger partial charge in [0.1, 0.15) is 25.0 Å². The molecule has 3 heteroatoms. The summed E-state index contributed by atoms with van der Waals surface area (Å²) in [5.41, 5.74) is 1.33. The maximum absolute atomic E-state index is 3.74. The zero-order valence-electron chi connectivity index (χ0n) is 8.62. The van der Waals surface area contributed by atoms with Crippen LogP contribution in [0.2, 0.25) is 0 Å². The molecule has 0 amide bonds. The number of imidazole rings is 1. The average Bonchev–Trinajstić information content (AvgIpc) is 2.49. The predicted molar refractivity (Wildman–Crippen MR) is 54.4 cm³/mol. The van der Waals surface area contributed by atoms with Gasteiger partial charge in [0.25, 0.3) is 0 Å². The van der Waals surface area contributed by atoms with Crippen LogP contribution in [0.25, 0.3) is 0 Å². The molecule has 0 aliphatic carbocycles. The van der Waals surface area contributed by atoms with Gasteiger partial charge in [-0.05, 0) is 0 Å². The summed E-state index contributed by atoms with van der Waals surface area (Å²) in [5, 5.41) is 0. The Labute approximate surface area is 103 Å². The molecule has 78 valence electrons. The molecule has 0 N–H and O–H groups in total. The van der Waals surface area contributed by atoms with Crippen molar-refractivity contribution in [2.45, 2.75) is 26.4 Å². The smallest absolute Gasteiger partial charge is 0.244 e. The summed E-state index contributed by atoms with van der Waals surface area (Å²) in [6.45, 7) is 11.4. The fraction of sp³-hybridized carbons (Fsp3) is 0.364. The number of allylic oxidation sites excluding steroid dienone is 2. The molecular formula is C11H17IN2. The maximum Gasteiger partial charge on any atom is 0.244 e. The quantitative estimate of drug-likeness (QED) is 0.364. The van der Waals surface area contributed by atoms with Crippen LogP contribution < -0.4 is 28.5 Å². The predicted octanol–water partition coefficient (Wildman–Crippen LogP) is -1.29. The Morgan fingerprint density at radius 1 is 1.43 bits per heavy atom. The summed E-state index contributed by atoms with van der Waals surface area (Å²) in [5.74, 6) is 0. The highest BCUT2D eigenvalue weighted by atomic mass is 127. The normalized spacial score (nSPS) is 9.21. The minimum absolute atomic E-state index is 0. The van der Waals surface area contributed by atoms with E-state index < -0.39 is 0 Å². The van der Waals surface area contributed by atoms with E-state index in [1.165, 1.54) is 5.69 Å². The number of hydrogen-bond acceptors (Lipinski definition) is 0. The third kappa shape index (κ3) is 3.29. The number of halogens is 1. The summed E-state index contributed by atoms with van der Waals surface area (Å²) in [7, 11) is 0. The Balaban J connectivity index is 0.00000169. The van der Waals surface area contributed by atoms with Crippen LogP contribution in [-0.4, -0.2) is 4.57 Å². The van der Waals surface area contributed by atoms with E-state index in [0.29, 0.717) is 0 Å². The molecule has 1 aromatic rings. The van der Waals surface area contributed by atoms with Crippen molar-refractivity contribution in [3.05, 3.63) is 43.5 Å². The first-order valence-corrected chi connectivity index (χ1v) is 4.61. The lowest BCUT2D eigenvalue weighted by molar-refractivity contribution is -0.686. The lowest BCUT2D eigenvalue weighted by Gasteiger charge is -1.92. The molecule has 14 heavy (non-hydrogen) atoms. The van der Waals surface area contributed by atoms with E-state index in [9.17, 15) is 0 Å². The van der Waals surface area contributed by atoms with Crippen molar-refractivity contribution in [3.63, 3.8) is 0 Å². The van der Waals surface area contributed by atoms with Gasteiger partial charge >= 0.3 is 0 Å². The molecule has 0 bridgehead atoms. The molecule has 0 aromatic carbocycles. The Morgan fingerprint density at radius 2 is 2.14 bits per heavy atom. The Bertz CT molecular complexity index is 302. The molecule has 0 spiro atoms. The van der Waals surface area contributed by atoms with Crippen molar-refractivity contribution < 1.29 is 28.5 Å². The molecule has 0 atom stereocenters. The Kier molecular flexibility index (Phi) is 6.53. The van der Waals surface area contributed by atoms with E-state index >= 15 is 0 Å². The number of nitrogens with zero attached hydrogens (tertiary/aromatic N) is 2. The van der Waals surface area contributed by atoms with E-state index in [1.54, 1.807) is 0 Å². The van der Waals surface area contributed by atoms with Crippen LogP contribution in [0.1, 0.15) is 12.6 Å². The van der Waals surface area contributed by atoms with Gasteiger partial charge in [-0.25, -0.2) is 9.13 Å². The molecule has 2 nitrogen and oxygen atoms in total. The highest BCUT2D eigenvalue weighted by molar-refractivity contribution is 4.94. The molecule has 1 aromatic heterocycles. The first kappa shape index (κ1) is 13.4. The van der Waals surface area contributed by atoms with Crippen LogP contribution in [0, 0.1) is 0 Å². The summed E-state index contributed by atoms with van der Waals surface area (Å²) in [6.07, 6.45) is 9.13. The lowest BCUT2D eigenvalue weighted by atomic mass is 10.3. The summed E-state index contributed by atoms with van der Waals surface area (Å²) < 4.78 is 4.34. The van der Waals surface area contributed by atoms with E-state index in [4.69, 9.17) is 0 Å². The highest BCUT2D eigenvalue weighted by Gasteiger charge is 2.08. The van der Waals surface area contributed by atoms with Gasteiger partial charge in [-0.3, -0.25) is 0 Å². The van der Waals surface area contributed by atoms with Gasteiger partial charge in [0.2, 0.25) is 6.33 Å². The third-order valence-corrected chi connectivity index (χ3v) is 2.00. The molecule has 0 fully saturated rings. The largest absolute Gasteiger partial charge is 1.00 e. The van der Waals surface area contributed by atoms with Crippen LogP contribution >= 0.6 is 0 Å². The van der Waals surface area contributed by atoms with E-state index in [1.807, 2.05) is 12.2 Å². The zero-order valence-corrected chi connectivity index (χ0v) is 10.8. The average molecular weight is 304 g/mol. The standard InChI is InChI=1S/C11H17N2.HI/c1-4-7-12-9-11(6-3)13(10-12)8-5-2;/h4-5,9-10H,1-2,6-8H2,3H3;1H/q+1;/p-1. The molecule has 0 aliphatic heterocycles. The van der Waals surface area contributed by atoms with E-state index in [-0.39, 0.29) is 24.0 Å². The van der Waals surface area contributed by atoms with Crippen LogP contribution in [-0.2, 0) is 19.5 Å². The van der Waals surface area contributed by atoms with Crippen molar-refractivity contribution in [3.8, 4) is 0 Å². The first-order chi connectivity index (χ1) is 6.31. The minimum Gasteiger partial charge on any atom is -1.00 e. The van der Waals surface area contributed by atoms with Gasteiger partial charge in [-0.2, -0.15) is 0 Å². The molecule has 1 rings (SSSR count). The minimum atomic E-state index is 0. The van der Waals surface area contributed by atoms with Gasteiger partial charge in [0, 0.05) is 6.42 Å². The molecule has 0 unspecified atom stereocenters. The Hall–Kier alpha value is -0.580. The number of aromatic nitrogens is 2. The molecule has 0 aliphatic rings. The van der Waals surface area contributed by atoms with Crippen molar-refractivity contribution >= 4 is 0 Å². The zero-order chi connectivity index (χ0) is 9.68. The fourth-order valence-electron chi connectivity index (χ4n) is 1.40. The summed E-state index contributed by atoms with van der Waals surface area (Å²) in [4.78, 5) is 0. The molecular weight excluding hydrogens is 287 g/mol. The van der Waals surface area contributed by atoms with Crippen molar-refractivity contribution in [1.29, 1.82) is 0 Å². The summed E-state index contributed by atoms with van der Waals surface area (Å²) in [6, 6.07) is 0. The number of aryl methyl sites for hydroxylation is 1. The first-order valence-electron chi connectivity index (χ1n) is 4.61. The third-order valence-electron chi connectivity index (χ3n) is 2.00. The molecule has 0 saturated carbocycles. The van der Waals surface area contributed by atoms with Gasteiger partial charge in [0.15, 0.2) is 0 Å². The van der Waals surface area contributed by atoms with E-state index in [0.717, 1.165) is 19.5 Å². The van der Waals surface area contributed by atoms with Crippen LogP contribution in [0.4, 0.5) is 0 Å². The van der Waals surface area contributed by atoms with Crippen LogP contribution in [0.5, 0.6) is 0 Å². The topological polar surface area (TPSA) is 8.81 Å². The molecule has 0 radical (unpaired) electrons. The maximum atomic E-state index is 3.74. The highest BCUT2D eigenvalue weighted by Crippen LogP contribution is 1.98. The molecule has 0 saturated heterocycles. The summed E-state index contributed by atoms with van der Waals surface area (Å²) >= 11 is 0. The second kappa shape index (κ2) is 6.81. The van der Waals surface area contributed by atoms with Crippen molar-refractivity contribution in [2.24, 2.45) is 0 Å². The number of hydrogen-bond donors (Lipinski definition) is 0. The second-order valence-corrected chi connectivity index (χ2v) is 3.02. The van der Waals surface area contributed by atoms with Gasteiger partial charge in [-0.1, -0.05) is 32.2 Å². The van der Waals surface area contributed by atoms with Crippen LogP contribution in [0.3, 0.4) is 0 Å². The fourth-order valence-corrected chi connectivity index (χ4v) is 1.40. The SMILES string of the molecule is C=CCn1c[n+](CC=C)cc1CC.[I-]. The monoisotopic (exact) mass is 304 g/mol. The molecule has 1 heterocycles. The Morgan fingerprint density at radius 3 is 2.64 bits per heavy atom. The van der Waals surface area contributed by atoms with E-state index in [2.05, 4.69) is 41.7 Å². The van der Waals surface area contributed by atoms with Crippen LogP contribution in [0.15, 0.2) is 37.8 Å². The van der Waals surface area contributed by atoms with Gasteiger partial charge in [-0.15, -0.1) is 0 Å². The van der Waals surface area contributed by atoms with Gasteiger partial charge < -0.3 is 24.0 Å². The van der Waals surface area contributed by atoms with Gasteiger partial charge in [0.05, 0.1) is 0 Å². The van der Waals surface area contributed by atoms with Crippen molar-refractivity contribution in [2.75, 3.05) is 0 Å². The number of rotatable bonds is 5.